The van der Waals surface area contributed by atoms with Crippen LogP contribution in [0.5, 0.6) is 0 Å². The molecule has 0 atom stereocenters. The van der Waals surface area contributed by atoms with Gasteiger partial charge >= 0.3 is 0 Å². The molecule has 2 nitrogen and oxygen atoms in total. The second-order valence-corrected chi connectivity index (χ2v) is 4.83. The first-order chi connectivity index (χ1) is 8.13. The van der Waals surface area contributed by atoms with Crippen LogP contribution in [0, 0.1) is 0 Å². The molecule has 17 heavy (non-hydrogen) atoms. The number of unbranched alkanes of at least 4 members (excludes halogenated alkanes) is 3. The first-order valence-electron chi connectivity index (χ1n) is 5.88. The van der Waals surface area contributed by atoms with Crippen LogP contribution in [0.3, 0.4) is 0 Å². The summed E-state index contributed by atoms with van der Waals surface area (Å²) in [7, 11) is 0. The Labute approximate surface area is 112 Å². The van der Waals surface area contributed by atoms with Crippen LogP contribution < -0.4 is 5.32 Å². The van der Waals surface area contributed by atoms with Gasteiger partial charge < -0.3 is 5.32 Å². The Morgan fingerprint density at radius 2 is 2.00 bits per heavy atom. The summed E-state index contributed by atoms with van der Waals surface area (Å²) in [5.74, 6) is -0.00901. The fraction of sp³-hybridized carbons (Fsp3) is 0.462. The van der Waals surface area contributed by atoms with Crippen molar-refractivity contribution in [2.75, 3.05) is 5.32 Å². The molecule has 0 aliphatic rings. The van der Waals surface area contributed by atoms with Gasteiger partial charge in [-0.05, 0) is 24.6 Å². The highest BCUT2D eigenvalue weighted by atomic mass is 35.5. The van der Waals surface area contributed by atoms with Crippen LogP contribution in [0.2, 0.25) is 10.0 Å². The van der Waals surface area contributed by atoms with Gasteiger partial charge in [-0.15, -0.1) is 0 Å². The standard InChI is InChI=1S/C13H17Cl2NO/c1-2-3-4-5-6-13(17)16-12-9-10(14)7-8-11(12)15/h7-9H,2-6H2,1H3,(H,16,17). The SMILES string of the molecule is CCCCCCC(=O)Nc1cc(Cl)ccc1Cl. The van der Waals surface area contributed by atoms with Crippen LogP contribution >= 0.6 is 23.2 Å². The summed E-state index contributed by atoms with van der Waals surface area (Å²) in [5, 5.41) is 3.85. The summed E-state index contributed by atoms with van der Waals surface area (Å²) in [6, 6.07) is 5.03. The van der Waals surface area contributed by atoms with Crippen LogP contribution in [0.4, 0.5) is 5.69 Å². The molecular weight excluding hydrogens is 257 g/mol. The second-order valence-electron chi connectivity index (χ2n) is 3.98. The summed E-state index contributed by atoms with van der Waals surface area (Å²) in [5.41, 5.74) is 0.583. The lowest BCUT2D eigenvalue weighted by atomic mass is 10.1. The predicted molar refractivity (Wildman–Crippen MR) is 73.9 cm³/mol. The van der Waals surface area contributed by atoms with Crippen molar-refractivity contribution in [3.63, 3.8) is 0 Å². The summed E-state index contributed by atoms with van der Waals surface area (Å²) < 4.78 is 0. The van der Waals surface area contributed by atoms with Crippen molar-refractivity contribution >= 4 is 34.8 Å². The number of carbonyl (C=O) groups excluding carboxylic acids is 1. The molecule has 0 fully saturated rings. The van der Waals surface area contributed by atoms with Gasteiger partial charge in [0.15, 0.2) is 0 Å². The maximum atomic E-state index is 11.6. The van der Waals surface area contributed by atoms with Gasteiger partial charge in [-0.3, -0.25) is 4.79 Å². The normalized spacial score (nSPS) is 10.3. The highest BCUT2D eigenvalue weighted by Gasteiger charge is 2.06. The van der Waals surface area contributed by atoms with Gasteiger partial charge in [-0.25, -0.2) is 0 Å². The Bertz CT molecular complexity index is 380. The van der Waals surface area contributed by atoms with E-state index in [1.54, 1.807) is 18.2 Å². The number of benzene rings is 1. The summed E-state index contributed by atoms with van der Waals surface area (Å²) in [6.45, 7) is 2.14. The number of nitrogens with one attached hydrogen (secondary N) is 1. The number of hydrogen-bond acceptors (Lipinski definition) is 1. The van der Waals surface area contributed by atoms with Crippen molar-refractivity contribution in [1.29, 1.82) is 0 Å². The molecule has 0 saturated carbocycles. The Kier molecular flexibility index (Phi) is 6.38. The first-order valence-corrected chi connectivity index (χ1v) is 6.64. The second kappa shape index (κ2) is 7.57. The largest absolute Gasteiger partial charge is 0.325 e. The minimum Gasteiger partial charge on any atom is -0.325 e. The fourth-order valence-corrected chi connectivity index (χ4v) is 1.86. The van der Waals surface area contributed by atoms with Crippen molar-refractivity contribution < 1.29 is 4.79 Å². The third-order valence-electron chi connectivity index (χ3n) is 2.46. The molecule has 4 heteroatoms. The predicted octanol–water partition coefficient (Wildman–Crippen LogP) is 4.90. The molecule has 0 radical (unpaired) electrons. The third kappa shape index (κ3) is 5.42. The van der Waals surface area contributed by atoms with Crippen molar-refractivity contribution in [2.45, 2.75) is 39.0 Å². The molecule has 0 heterocycles. The average Bonchev–Trinajstić information content (AvgIpc) is 2.29. The minimum absolute atomic E-state index is 0.00901. The molecule has 0 aliphatic heterocycles. The Balaban J connectivity index is 2.42. The highest BCUT2D eigenvalue weighted by molar-refractivity contribution is 6.35. The lowest BCUT2D eigenvalue weighted by Gasteiger charge is -2.07. The molecule has 1 aromatic rings. The van der Waals surface area contributed by atoms with Gasteiger partial charge in [-0.2, -0.15) is 0 Å². The lowest BCUT2D eigenvalue weighted by Crippen LogP contribution is -2.11. The zero-order valence-corrected chi connectivity index (χ0v) is 11.4. The summed E-state index contributed by atoms with van der Waals surface area (Å²) >= 11 is 11.8. The summed E-state index contributed by atoms with van der Waals surface area (Å²) in [4.78, 5) is 11.6. The van der Waals surface area contributed by atoms with Crippen LogP contribution in [0.1, 0.15) is 39.0 Å². The molecule has 1 amide bonds. The smallest absolute Gasteiger partial charge is 0.224 e. The number of rotatable bonds is 6. The molecule has 0 unspecified atom stereocenters. The molecule has 0 spiro atoms. The van der Waals surface area contributed by atoms with Crippen LogP contribution in [0.15, 0.2) is 18.2 Å². The van der Waals surface area contributed by atoms with E-state index in [0.29, 0.717) is 22.2 Å². The highest BCUT2D eigenvalue weighted by Crippen LogP contribution is 2.25. The maximum Gasteiger partial charge on any atom is 0.224 e. The van der Waals surface area contributed by atoms with E-state index in [0.717, 1.165) is 12.8 Å². The molecule has 0 saturated heterocycles. The van der Waals surface area contributed by atoms with E-state index < -0.39 is 0 Å². The zero-order chi connectivity index (χ0) is 12.7. The van der Waals surface area contributed by atoms with Crippen LogP contribution in [0.25, 0.3) is 0 Å². The number of carbonyl (C=O) groups is 1. The maximum absolute atomic E-state index is 11.6. The number of amides is 1. The number of halogens is 2. The Morgan fingerprint density at radius 1 is 1.24 bits per heavy atom. The molecular formula is C13H17Cl2NO. The van der Waals surface area contributed by atoms with Gasteiger partial charge in [0.25, 0.3) is 0 Å². The molecule has 1 N–H and O–H groups in total. The molecule has 1 rings (SSSR count). The van der Waals surface area contributed by atoms with Gasteiger partial charge in [0.05, 0.1) is 10.7 Å². The summed E-state index contributed by atoms with van der Waals surface area (Å²) in [6.07, 6.45) is 4.88. The van der Waals surface area contributed by atoms with Crippen molar-refractivity contribution in [3.05, 3.63) is 28.2 Å². The molecule has 0 bridgehead atoms. The molecule has 1 aromatic carbocycles. The zero-order valence-electron chi connectivity index (χ0n) is 9.93. The minimum atomic E-state index is -0.00901. The van der Waals surface area contributed by atoms with E-state index in [4.69, 9.17) is 23.2 Å². The average molecular weight is 274 g/mol. The van der Waals surface area contributed by atoms with E-state index in [-0.39, 0.29) is 5.91 Å². The molecule has 0 aromatic heterocycles. The Hall–Kier alpha value is -0.730. The van der Waals surface area contributed by atoms with Crippen LogP contribution in [-0.2, 0) is 4.79 Å². The molecule has 94 valence electrons. The van der Waals surface area contributed by atoms with Gasteiger partial charge in [0, 0.05) is 11.4 Å². The monoisotopic (exact) mass is 273 g/mol. The fourth-order valence-electron chi connectivity index (χ4n) is 1.52. The van der Waals surface area contributed by atoms with Gasteiger partial charge in [-0.1, -0.05) is 49.4 Å². The van der Waals surface area contributed by atoms with Crippen molar-refractivity contribution in [3.8, 4) is 0 Å². The van der Waals surface area contributed by atoms with E-state index in [9.17, 15) is 4.79 Å². The first kappa shape index (κ1) is 14.3. The van der Waals surface area contributed by atoms with Gasteiger partial charge in [0.2, 0.25) is 5.91 Å². The van der Waals surface area contributed by atoms with E-state index in [1.165, 1.54) is 12.8 Å². The van der Waals surface area contributed by atoms with Crippen molar-refractivity contribution in [1.82, 2.24) is 0 Å². The quantitative estimate of drug-likeness (QED) is 0.734. The third-order valence-corrected chi connectivity index (χ3v) is 3.02. The molecule has 0 aliphatic carbocycles. The lowest BCUT2D eigenvalue weighted by molar-refractivity contribution is -0.116. The van der Waals surface area contributed by atoms with Crippen molar-refractivity contribution in [2.24, 2.45) is 0 Å². The Morgan fingerprint density at radius 3 is 2.71 bits per heavy atom. The number of anilines is 1. The van der Waals surface area contributed by atoms with E-state index >= 15 is 0 Å². The number of hydrogen-bond donors (Lipinski definition) is 1. The van der Waals surface area contributed by atoms with E-state index in [2.05, 4.69) is 12.2 Å². The van der Waals surface area contributed by atoms with Gasteiger partial charge in [0.1, 0.15) is 0 Å². The van der Waals surface area contributed by atoms with Crippen LogP contribution in [-0.4, -0.2) is 5.91 Å². The van der Waals surface area contributed by atoms with E-state index in [1.807, 2.05) is 0 Å². The topological polar surface area (TPSA) is 29.1 Å².